The molecule has 0 fully saturated rings. The second-order valence-electron chi connectivity index (χ2n) is 9.00. The molecule has 0 heterocycles. The molecule has 2 rings (SSSR count). The molecule has 0 aliphatic carbocycles. The number of benzene rings is 2. The number of amidine groups is 2. The van der Waals surface area contributed by atoms with Gasteiger partial charge in [-0.25, -0.2) is 4.79 Å². The fraction of sp³-hybridized carbons (Fsp3) is 0.464. The van der Waals surface area contributed by atoms with Crippen LogP contribution in [0.3, 0.4) is 0 Å². The number of rotatable bonds is 13. The van der Waals surface area contributed by atoms with Crippen LogP contribution in [0.25, 0.3) is 0 Å². The number of esters is 1. The SMILES string of the molecule is CCOCC[NH2+]C(CCCc1ccc(OC(C)(C)C(=O)OC)cc1)=NC(=N)Cc1ccc(C)cc1. The minimum Gasteiger partial charge on any atom is -0.476 e. The highest BCUT2D eigenvalue weighted by Crippen LogP contribution is 2.20. The number of nitrogens with zero attached hydrogens (tertiary/aromatic N) is 1. The molecule has 0 spiro atoms. The Labute approximate surface area is 209 Å². The molecule has 0 aliphatic heterocycles. The third kappa shape index (κ3) is 10.4. The van der Waals surface area contributed by atoms with Crippen molar-refractivity contribution in [3.05, 3.63) is 65.2 Å². The summed E-state index contributed by atoms with van der Waals surface area (Å²) in [7, 11) is 1.35. The quantitative estimate of drug-likeness (QED) is 0.196. The van der Waals surface area contributed by atoms with E-state index in [1.807, 2.05) is 31.2 Å². The van der Waals surface area contributed by atoms with Gasteiger partial charge in [0.05, 0.1) is 13.7 Å². The van der Waals surface area contributed by atoms with E-state index in [1.54, 1.807) is 13.8 Å². The van der Waals surface area contributed by atoms with Gasteiger partial charge in [0.1, 0.15) is 18.1 Å². The molecule has 0 aromatic heterocycles. The van der Waals surface area contributed by atoms with Crippen LogP contribution in [0.2, 0.25) is 0 Å². The van der Waals surface area contributed by atoms with E-state index in [-0.39, 0.29) is 0 Å². The van der Waals surface area contributed by atoms with Crippen molar-refractivity contribution >= 4 is 17.6 Å². The molecule has 0 amide bonds. The van der Waals surface area contributed by atoms with Gasteiger partial charge in [-0.2, -0.15) is 4.99 Å². The van der Waals surface area contributed by atoms with Gasteiger partial charge >= 0.3 is 5.97 Å². The highest BCUT2D eigenvalue weighted by molar-refractivity contribution is 5.92. The van der Waals surface area contributed by atoms with Crippen LogP contribution in [0.4, 0.5) is 0 Å². The predicted octanol–water partition coefficient (Wildman–Crippen LogP) is 3.87. The second kappa shape index (κ2) is 14.4. The highest BCUT2D eigenvalue weighted by atomic mass is 16.6. The molecule has 7 heteroatoms. The molecule has 2 aromatic rings. The van der Waals surface area contributed by atoms with Gasteiger partial charge in [-0.05, 0) is 63.8 Å². The van der Waals surface area contributed by atoms with Crippen molar-refractivity contribution in [3.8, 4) is 5.75 Å². The third-order valence-electron chi connectivity index (χ3n) is 5.49. The maximum atomic E-state index is 11.8. The number of methoxy groups -OCH3 is 1. The molecule has 0 bridgehead atoms. The first-order valence-corrected chi connectivity index (χ1v) is 12.2. The average molecular weight is 483 g/mol. The van der Waals surface area contributed by atoms with Crippen molar-refractivity contribution in [1.29, 1.82) is 5.41 Å². The molecule has 0 aliphatic rings. The highest BCUT2D eigenvalue weighted by Gasteiger charge is 2.30. The van der Waals surface area contributed by atoms with Crippen LogP contribution in [0.5, 0.6) is 5.75 Å². The summed E-state index contributed by atoms with van der Waals surface area (Å²) in [5, 5.41) is 10.5. The first kappa shape index (κ1) is 28.2. The Morgan fingerprint density at radius 2 is 1.71 bits per heavy atom. The Morgan fingerprint density at radius 3 is 2.34 bits per heavy atom. The normalized spacial score (nSPS) is 11.9. The summed E-state index contributed by atoms with van der Waals surface area (Å²) >= 11 is 0. The number of carbonyl (C=O) groups excluding carboxylic acids is 1. The lowest BCUT2D eigenvalue weighted by Crippen LogP contribution is -2.89. The van der Waals surface area contributed by atoms with E-state index in [1.165, 1.54) is 18.2 Å². The molecular formula is C28H40N3O4+. The van der Waals surface area contributed by atoms with Gasteiger partial charge in [0, 0.05) is 19.4 Å². The molecule has 2 aromatic carbocycles. The Balaban J connectivity index is 1.93. The molecule has 0 radical (unpaired) electrons. The molecule has 7 nitrogen and oxygen atoms in total. The van der Waals surface area contributed by atoms with Gasteiger partial charge in [0.2, 0.25) is 5.84 Å². The Kier molecular flexibility index (Phi) is 11.6. The number of aliphatic imine (C=N–C) groups is 1. The lowest BCUT2D eigenvalue weighted by molar-refractivity contribution is -0.544. The van der Waals surface area contributed by atoms with E-state index in [0.717, 1.165) is 37.2 Å². The van der Waals surface area contributed by atoms with Crippen molar-refractivity contribution in [2.45, 2.75) is 59.0 Å². The first-order chi connectivity index (χ1) is 16.7. The molecule has 0 atom stereocenters. The van der Waals surface area contributed by atoms with E-state index in [4.69, 9.17) is 19.6 Å². The summed E-state index contributed by atoms with van der Waals surface area (Å²) < 4.78 is 16.0. The van der Waals surface area contributed by atoms with Crippen LogP contribution < -0.4 is 10.1 Å². The van der Waals surface area contributed by atoms with Gasteiger partial charge in [-0.1, -0.05) is 42.0 Å². The summed E-state index contributed by atoms with van der Waals surface area (Å²) in [5.41, 5.74) is 2.44. The summed E-state index contributed by atoms with van der Waals surface area (Å²) in [6.45, 7) is 9.55. The number of carbonyl (C=O) groups is 1. The van der Waals surface area contributed by atoms with Crippen LogP contribution in [0, 0.1) is 12.3 Å². The zero-order chi connectivity index (χ0) is 25.7. The van der Waals surface area contributed by atoms with Crippen molar-refractivity contribution in [2.24, 2.45) is 4.99 Å². The van der Waals surface area contributed by atoms with Crippen LogP contribution in [0.15, 0.2) is 53.5 Å². The van der Waals surface area contributed by atoms with E-state index >= 15 is 0 Å². The molecule has 35 heavy (non-hydrogen) atoms. The Morgan fingerprint density at radius 1 is 1.06 bits per heavy atom. The summed E-state index contributed by atoms with van der Waals surface area (Å²) in [5.74, 6) is 1.51. The molecule has 0 saturated carbocycles. The van der Waals surface area contributed by atoms with Crippen LogP contribution >= 0.6 is 0 Å². The van der Waals surface area contributed by atoms with Gasteiger partial charge in [0.25, 0.3) is 0 Å². The number of quaternary nitrogens is 1. The smallest absolute Gasteiger partial charge is 0.349 e. The predicted molar refractivity (Wildman–Crippen MR) is 139 cm³/mol. The van der Waals surface area contributed by atoms with Crippen molar-refractivity contribution in [2.75, 3.05) is 26.9 Å². The monoisotopic (exact) mass is 482 g/mol. The number of ether oxygens (including phenoxy) is 3. The molecule has 190 valence electrons. The summed E-state index contributed by atoms with van der Waals surface area (Å²) in [6.07, 6.45) is 3.10. The van der Waals surface area contributed by atoms with E-state index < -0.39 is 11.6 Å². The van der Waals surface area contributed by atoms with Crippen LogP contribution in [0.1, 0.15) is 50.3 Å². The lowest BCUT2D eigenvalue weighted by Gasteiger charge is -2.23. The van der Waals surface area contributed by atoms with Gasteiger partial charge < -0.3 is 14.2 Å². The molecular weight excluding hydrogens is 442 g/mol. The zero-order valence-electron chi connectivity index (χ0n) is 21.7. The standard InChI is InChI=1S/C28H39N3O4/c1-6-34-19-18-30-26(31-25(29)20-23-12-10-21(2)11-13-23)9-7-8-22-14-16-24(17-15-22)35-28(3,4)27(32)33-5/h10-17H,6-9,18-20H2,1-5H3,(H2,29,30,31)/p+1. The van der Waals surface area contributed by atoms with E-state index in [0.29, 0.717) is 31.2 Å². The minimum atomic E-state index is -1.04. The minimum absolute atomic E-state index is 0.367. The maximum absolute atomic E-state index is 11.8. The summed E-state index contributed by atoms with van der Waals surface area (Å²) in [4.78, 5) is 16.5. The van der Waals surface area contributed by atoms with Crippen molar-refractivity contribution in [1.82, 2.24) is 0 Å². The third-order valence-corrected chi connectivity index (χ3v) is 5.49. The summed E-state index contributed by atoms with van der Waals surface area (Å²) in [6, 6.07) is 16.0. The van der Waals surface area contributed by atoms with Crippen LogP contribution in [-0.4, -0.2) is 50.1 Å². The van der Waals surface area contributed by atoms with E-state index in [9.17, 15) is 4.79 Å². The van der Waals surface area contributed by atoms with Gasteiger partial charge in [-0.3, -0.25) is 10.7 Å². The molecule has 0 unspecified atom stereocenters. The number of nitrogens with one attached hydrogen (secondary N) is 1. The number of aryl methyl sites for hydroxylation is 2. The fourth-order valence-corrected chi connectivity index (χ4v) is 3.55. The maximum Gasteiger partial charge on any atom is 0.349 e. The Hall–Kier alpha value is -3.03. The lowest BCUT2D eigenvalue weighted by atomic mass is 10.1. The first-order valence-electron chi connectivity index (χ1n) is 12.2. The van der Waals surface area contributed by atoms with E-state index in [2.05, 4.69) is 41.5 Å². The number of hydrogen-bond acceptors (Lipinski definition) is 5. The zero-order valence-corrected chi connectivity index (χ0v) is 21.7. The Bertz CT molecular complexity index is 967. The van der Waals surface area contributed by atoms with Crippen molar-refractivity contribution in [3.63, 3.8) is 0 Å². The van der Waals surface area contributed by atoms with Gasteiger partial charge in [0.15, 0.2) is 5.60 Å². The topological polar surface area (TPSA) is 97.6 Å². The second-order valence-corrected chi connectivity index (χ2v) is 9.00. The number of hydrogen-bond donors (Lipinski definition) is 2. The molecule has 3 N–H and O–H groups in total. The van der Waals surface area contributed by atoms with Crippen molar-refractivity contribution < 1.29 is 24.3 Å². The number of nitrogens with two attached hydrogens (primary N) is 1. The fourth-order valence-electron chi connectivity index (χ4n) is 3.55. The molecule has 0 saturated heterocycles. The van der Waals surface area contributed by atoms with Gasteiger partial charge in [-0.15, -0.1) is 0 Å². The largest absolute Gasteiger partial charge is 0.476 e. The van der Waals surface area contributed by atoms with Crippen LogP contribution in [-0.2, 0) is 27.1 Å². The average Bonchev–Trinajstić information content (AvgIpc) is 2.83.